The third kappa shape index (κ3) is 0.903. The van der Waals surface area contributed by atoms with Crippen LogP contribution in [0.3, 0.4) is 0 Å². The molecule has 0 aliphatic heterocycles. The van der Waals surface area contributed by atoms with Crippen molar-refractivity contribution in [1.29, 1.82) is 0 Å². The molecule has 11 heavy (non-hydrogen) atoms. The summed E-state index contributed by atoms with van der Waals surface area (Å²) in [7, 11) is 0. The van der Waals surface area contributed by atoms with Crippen molar-refractivity contribution in [3.05, 3.63) is 23.1 Å². The number of aromatic amines is 1. The topological polar surface area (TPSA) is 54.7 Å². The molecule has 2 rings (SSSR count). The molecular weight excluding hydrogens is 206 g/mol. The Balaban J connectivity index is 2.96. The molecule has 0 amide bonds. The number of nitrogens with one attached hydrogen (secondary N) is 1. The Morgan fingerprint density at radius 2 is 2.27 bits per heavy atom. The number of fused-ring (bicyclic) bond motifs is 1. The highest BCUT2D eigenvalue weighted by molar-refractivity contribution is 9.10. The summed E-state index contributed by atoms with van der Waals surface area (Å²) in [5, 5.41) is 1.00. The van der Waals surface area contributed by atoms with Crippen molar-refractivity contribution >= 4 is 32.5 Å². The molecule has 3 N–H and O–H groups in total. The zero-order valence-electron chi connectivity index (χ0n) is 5.63. The van der Waals surface area contributed by atoms with E-state index in [2.05, 4.69) is 25.9 Å². The monoisotopic (exact) mass is 211 g/mol. The number of aromatic nitrogens is 2. The number of pyridine rings is 1. The van der Waals surface area contributed by atoms with Gasteiger partial charge in [-0.15, -0.1) is 0 Å². The van der Waals surface area contributed by atoms with Crippen LogP contribution in [0.2, 0.25) is 0 Å². The number of hydrogen-bond acceptors (Lipinski definition) is 2. The summed E-state index contributed by atoms with van der Waals surface area (Å²) in [4.78, 5) is 7.00. The van der Waals surface area contributed by atoms with E-state index < -0.39 is 0 Å². The fraction of sp³-hybridized carbons (Fsp3) is 0. The van der Waals surface area contributed by atoms with Crippen LogP contribution in [0.5, 0.6) is 0 Å². The van der Waals surface area contributed by atoms with Gasteiger partial charge in [0.1, 0.15) is 0 Å². The summed E-state index contributed by atoms with van der Waals surface area (Å²) in [6, 6.07) is 0. The number of nitrogens with two attached hydrogens (primary N) is 1. The van der Waals surface area contributed by atoms with E-state index >= 15 is 0 Å². The van der Waals surface area contributed by atoms with Crippen molar-refractivity contribution in [2.24, 2.45) is 0 Å². The maximum absolute atomic E-state index is 5.69. The van der Waals surface area contributed by atoms with Gasteiger partial charge >= 0.3 is 0 Å². The lowest BCUT2D eigenvalue weighted by Gasteiger charge is -1.92. The van der Waals surface area contributed by atoms with E-state index in [9.17, 15) is 0 Å². The van der Waals surface area contributed by atoms with Gasteiger partial charge in [0.05, 0.1) is 17.4 Å². The first kappa shape index (κ1) is 6.67. The number of H-pyrrole nitrogens is 1. The summed E-state index contributed by atoms with van der Waals surface area (Å²) < 4.78 is 0.925. The molecular formula is C7H6BrN3. The molecule has 0 aromatic carbocycles. The molecule has 0 saturated carbocycles. The standard InChI is InChI=1S/C7H6BrN3/c8-4-1-10-3-6-7(4)5(9)2-11-6/h1-3,11H,9H2. The van der Waals surface area contributed by atoms with Gasteiger partial charge in [0.25, 0.3) is 0 Å². The Bertz CT molecular complexity index is 393. The Labute approximate surface area is 71.7 Å². The molecule has 0 saturated heterocycles. The van der Waals surface area contributed by atoms with E-state index in [1.54, 1.807) is 18.6 Å². The Hall–Kier alpha value is -1.03. The predicted molar refractivity (Wildman–Crippen MR) is 48.2 cm³/mol. The highest BCUT2D eigenvalue weighted by atomic mass is 79.9. The molecule has 0 atom stereocenters. The van der Waals surface area contributed by atoms with Crippen molar-refractivity contribution in [3.63, 3.8) is 0 Å². The van der Waals surface area contributed by atoms with Crippen molar-refractivity contribution in [2.45, 2.75) is 0 Å². The number of nitrogens with zero attached hydrogens (tertiary/aromatic N) is 1. The number of nitrogen functional groups attached to an aromatic ring is 1. The van der Waals surface area contributed by atoms with Crippen LogP contribution in [0.4, 0.5) is 5.69 Å². The van der Waals surface area contributed by atoms with Gasteiger partial charge in [-0.1, -0.05) is 0 Å². The van der Waals surface area contributed by atoms with Crippen LogP contribution in [0, 0.1) is 0 Å². The van der Waals surface area contributed by atoms with E-state index in [1.165, 1.54) is 0 Å². The first-order valence-electron chi connectivity index (χ1n) is 3.15. The number of hydrogen-bond donors (Lipinski definition) is 2. The molecule has 2 heterocycles. The molecule has 2 aromatic heterocycles. The van der Waals surface area contributed by atoms with Gasteiger partial charge in [-0.05, 0) is 15.9 Å². The largest absolute Gasteiger partial charge is 0.397 e. The van der Waals surface area contributed by atoms with Crippen LogP contribution in [0.15, 0.2) is 23.1 Å². The molecule has 56 valence electrons. The molecule has 0 radical (unpaired) electrons. The second kappa shape index (κ2) is 2.23. The van der Waals surface area contributed by atoms with Crippen molar-refractivity contribution in [2.75, 3.05) is 5.73 Å². The van der Waals surface area contributed by atoms with Crippen LogP contribution in [0.25, 0.3) is 10.9 Å². The minimum atomic E-state index is 0.745. The van der Waals surface area contributed by atoms with Gasteiger partial charge in [0, 0.05) is 22.3 Å². The number of anilines is 1. The second-order valence-corrected chi connectivity index (χ2v) is 3.14. The van der Waals surface area contributed by atoms with Crippen molar-refractivity contribution < 1.29 is 0 Å². The highest BCUT2D eigenvalue weighted by Crippen LogP contribution is 2.26. The van der Waals surface area contributed by atoms with Gasteiger partial charge in [-0.2, -0.15) is 0 Å². The van der Waals surface area contributed by atoms with Crippen LogP contribution in [-0.4, -0.2) is 9.97 Å². The third-order valence-electron chi connectivity index (χ3n) is 1.57. The maximum Gasteiger partial charge on any atom is 0.0673 e. The SMILES string of the molecule is Nc1c[nH]c2cncc(Br)c12. The van der Waals surface area contributed by atoms with Crippen LogP contribution in [-0.2, 0) is 0 Å². The zero-order valence-corrected chi connectivity index (χ0v) is 7.22. The average molecular weight is 212 g/mol. The van der Waals surface area contributed by atoms with Gasteiger partial charge in [0.2, 0.25) is 0 Å². The Morgan fingerprint density at radius 1 is 1.45 bits per heavy atom. The number of rotatable bonds is 0. The summed E-state index contributed by atoms with van der Waals surface area (Å²) in [6.45, 7) is 0. The average Bonchev–Trinajstić information content (AvgIpc) is 2.34. The molecule has 0 unspecified atom stereocenters. The van der Waals surface area contributed by atoms with Gasteiger partial charge < -0.3 is 10.7 Å². The highest BCUT2D eigenvalue weighted by Gasteiger charge is 2.02. The lowest BCUT2D eigenvalue weighted by atomic mass is 10.3. The number of halogens is 1. The lowest BCUT2D eigenvalue weighted by molar-refractivity contribution is 1.33. The summed E-state index contributed by atoms with van der Waals surface area (Å²) >= 11 is 3.36. The van der Waals surface area contributed by atoms with Crippen molar-refractivity contribution in [1.82, 2.24) is 9.97 Å². The fourth-order valence-corrected chi connectivity index (χ4v) is 1.63. The zero-order chi connectivity index (χ0) is 7.84. The normalized spacial score (nSPS) is 10.6. The maximum atomic E-state index is 5.69. The molecule has 0 fully saturated rings. The first-order valence-corrected chi connectivity index (χ1v) is 3.94. The molecule has 2 aromatic rings. The van der Waals surface area contributed by atoms with E-state index in [4.69, 9.17) is 5.73 Å². The molecule has 0 bridgehead atoms. The van der Waals surface area contributed by atoms with E-state index in [-0.39, 0.29) is 0 Å². The van der Waals surface area contributed by atoms with Gasteiger partial charge in [-0.25, -0.2) is 0 Å². The third-order valence-corrected chi connectivity index (χ3v) is 2.17. The smallest absolute Gasteiger partial charge is 0.0673 e. The van der Waals surface area contributed by atoms with Gasteiger partial charge in [0.15, 0.2) is 0 Å². The summed E-state index contributed by atoms with van der Waals surface area (Å²) in [6.07, 6.45) is 5.24. The van der Waals surface area contributed by atoms with E-state index in [0.717, 1.165) is 21.1 Å². The van der Waals surface area contributed by atoms with Crippen molar-refractivity contribution in [3.8, 4) is 0 Å². The molecule has 3 nitrogen and oxygen atoms in total. The Morgan fingerprint density at radius 3 is 3.00 bits per heavy atom. The molecule has 4 heteroatoms. The van der Waals surface area contributed by atoms with Crippen LogP contribution >= 0.6 is 15.9 Å². The lowest BCUT2D eigenvalue weighted by Crippen LogP contribution is -1.81. The molecule has 0 aliphatic rings. The van der Waals surface area contributed by atoms with Gasteiger partial charge in [-0.3, -0.25) is 4.98 Å². The molecule has 0 spiro atoms. The summed E-state index contributed by atoms with van der Waals surface area (Å²) in [5.41, 5.74) is 7.39. The minimum Gasteiger partial charge on any atom is -0.397 e. The van der Waals surface area contributed by atoms with Crippen LogP contribution in [0.1, 0.15) is 0 Å². The van der Waals surface area contributed by atoms with E-state index in [1.807, 2.05) is 0 Å². The minimum absolute atomic E-state index is 0.745. The first-order chi connectivity index (χ1) is 5.29. The second-order valence-electron chi connectivity index (χ2n) is 2.29. The predicted octanol–water partition coefficient (Wildman–Crippen LogP) is 1.91. The fourth-order valence-electron chi connectivity index (χ4n) is 1.07. The Kier molecular flexibility index (Phi) is 1.35. The molecule has 0 aliphatic carbocycles. The van der Waals surface area contributed by atoms with Crippen LogP contribution < -0.4 is 5.73 Å². The van der Waals surface area contributed by atoms with E-state index in [0.29, 0.717) is 0 Å². The summed E-state index contributed by atoms with van der Waals surface area (Å²) in [5.74, 6) is 0. The quantitative estimate of drug-likeness (QED) is 0.700.